The van der Waals surface area contributed by atoms with E-state index >= 15 is 0 Å². The lowest BCUT2D eigenvalue weighted by atomic mass is 10.2. The van der Waals surface area contributed by atoms with E-state index in [1.165, 1.54) is 31.6 Å². The van der Waals surface area contributed by atoms with Crippen LogP contribution in [0.3, 0.4) is 0 Å². The average Bonchev–Trinajstić information content (AvgIpc) is 2.69. The van der Waals surface area contributed by atoms with E-state index in [0.29, 0.717) is 0 Å². The van der Waals surface area contributed by atoms with Gasteiger partial charge in [-0.25, -0.2) is 0 Å². The summed E-state index contributed by atoms with van der Waals surface area (Å²) in [5.41, 5.74) is 1.18. The van der Waals surface area contributed by atoms with Crippen LogP contribution >= 0.6 is 15.9 Å². The van der Waals surface area contributed by atoms with Gasteiger partial charge in [-0.05, 0) is 54.0 Å². The number of pyridine rings is 1. The number of halogens is 1. The normalized spacial score (nSPS) is 17.5. The molecular formula is C11H15BrN2. The quantitative estimate of drug-likeness (QED) is 0.824. The first-order valence-corrected chi connectivity index (χ1v) is 5.97. The summed E-state index contributed by atoms with van der Waals surface area (Å²) in [7, 11) is 0. The summed E-state index contributed by atoms with van der Waals surface area (Å²) in [4.78, 5) is 6.88. The van der Waals surface area contributed by atoms with E-state index in [0.717, 1.165) is 17.4 Å². The summed E-state index contributed by atoms with van der Waals surface area (Å²) >= 11 is 3.52. The average molecular weight is 255 g/mol. The zero-order valence-corrected chi connectivity index (χ0v) is 9.83. The van der Waals surface area contributed by atoms with Gasteiger partial charge in [0.25, 0.3) is 0 Å². The van der Waals surface area contributed by atoms with Gasteiger partial charge in [-0.3, -0.25) is 4.98 Å². The van der Waals surface area contributed by atoms with Gasteiger partial charge in [-0.2, -0.15) is 0 Å². The lowest BCUT2D eigenvalue weighted by Gasteiger charge is -2.14. The Hall–Kier alpha value is -0.410. The van der Waals surface area contributed by atoms with E-state index in [2.05, 4.69) is 31.9 Å². The third-order valence-electron chi connectivity index (χ3n) is 2.70. The molecule has 1 aromatic rings. The fourth-order valence-electron chi connectivity index (χ4n) is 1.87. The van der Waals surface area contributed by atoms with Crippen LogP contribution in [0.1, 0.15) is 18.5 Å². The van der Waals surface area contributed by atoms with Crippen molar-refractivity contribution >= 4 is 15.9 Å². The molecule has 0 radical (unpaired) electrons. The van der Waals surface area contributed by atoms with Crippen LogP contribution < -0.4 is 0 Å². The van der Waals surface area contributed by atoms with Gasteiger partial charge < -0.3 is 4.90 Å². The second-order valence-corrected chi connectivity index (χ2v) is 4.59. The van der Waals surface area contributed by atoms with E-state index in [-0.39, 0.29) is 0 Å². The molecule has 2 rings (SSSR count). The summed E-state index contributed by atoms with van der Waals surface area (Å²) < 4.78 is 1.14. The third-order valence-corrected chi connectivity index (χ3v) is 3.42. The molecule has 1 aromatic heterocycles. The van der Waals surface area contributed by atoms with Crippen LogP contribution in [0.5, 0.6) is 0 Å². The Morgan fingerprint density at radius 1 is 1.36 bits per heavy atom. The molecule has 0 atom stereocenters. The van der Waals surface area contributed by atoms with Gasteiger partial charge in [-0.1, -0.05) is 0 Å². The van der Waals surface area contributed by atoms with Crippen molar-refractivity contribution < 1.29 is 0 Å². The van der Waals surface area contributed by atoms with Crippen LogP contribution in [-0.4, -0.2) is 29.5 Å². The maximum absolute atomic E-state index is 4.37. The van der Waals surface area contributed by atoms with Crippen LogP contribution in [0.15, 0.2) is 22.8 Å². The molecule has 0 saturated carbocycles. The molecule has 1 aliphatic rings. The van der Waals surface area contributed by atoms with Gasteiger partial charge in [0.1, 0.15) is 0 Å². The molecular weight excluding hydrogens is 240 g/mol. The van der Waals surface area contributed by atoms with Gasteiger partial charge in [-0.15, -0.1) is 0 Å². The van der Waals surface area contributed by atoms with Crippen molar-refractivity contribution in [3.8, 4) is 0 Å². The molecule has 0 aromatic carbocycles. The zero-order valence-electron chi connectivity index (χ0n) is 8.25. The van der Waals surface area contributed by atoms with Gasteiger partial charge >= 0.3 is 0 Å². The summed E-state index contributed by atoms with van der Waals surface area (Å²) in [5, 5.41) is 0. The lowest BCUT2D eigenvalue weighted by Crippen LogP contribution is -2.22. The highest BCUT2D eigenvalue weighted by Crippen LogP contribution is 2.15. The number of rotatable bonds is 3. The van der Waals surface area contributed by atoms with E-state index in [9.17, 15) is 0 Å². The third kappa shape index (κ3) is 2.55. The van der Waals surface area contributed by atoms with Crippen molar-refractivity contribution in [3.05, 3.63) is 28.5 Å². The smallest absolute Gasteiger partial charge is 0.0558 e. The first-order valence-electron chi connectivity index (χ1n) is 5.18. The monoisotopic (exact) mass is 254 g/mol. The second-order valence-electron chi connectivity index (χ2n) is 3.73. The van der Waals surface area contributed by atoms with Crippen molar-refractivity contribution in [1.29, 1.82) is 0 Å². The molecule has 0 N–H and O–H groups in total. The SMILES string of the molecule is Brc1cccnc1CCN1CCCC1. The number of nitrogens with zero attached hydrogens (tertiary/aromatic N) is 2. The Kier molecular flexibility index (Phi) is 3.54. The number of likely N-dealkylation sites (tertiary alicyclic amines) is 1. The first kappa shape index (κ1) is 10.1. The molecule has 2 heterocycles. The highest BCUT2D eigenvalue weighted by Gasteiger charge is 2.11. The molecule has 0 spiro atoms. The Morgan fingerprint density at radius 3 is 2.86 bits per heavy atom. The zero-order chi connectivity index (χ0) is 9.80. The largest absolute Gasteiger partial charge is 0.303 e. The molecule has 0 amide bonds. The summed E-state index contributed by atoms with van der Waals surface area (Å²) in [6.07, 6.45) is 5.65. The molecule has 1 fully saturated rings. The molecule has 3 heteroatoms. The molecule has 76 valence electrons. The molecule has 1 saturated heterocycles. The number of aromatic nitrogens is 1. The van der Waals surface area contributed by atoms with Crippen molar-refractivity contribution in [2.75, 3.05) is 19.6 Å². The lowest BCUT2D eigenvalue weighted by molar-refractivity contribution is 0.342. The van der Waals surface area contributed by atoms with Crippen LogP contribution in [0.25, 0.3) is 0 Å². The highest BCUT2D eigenvalue weighted by atomic mass is 79.9. The van der Waals surface area contributed by atoms with Crippen LogP contribution in [0.4, 0.5) is 0 Å². The minimum Gasteiger partial charge on any atom is -0.303 e. The van der Waals surface area contributed by atoms with Gasteiger partial charge in [0.15, 0.2) is 0 Å². The molecule has 0 unspecified atom stereocenters. The molecule has 0 aliphatic carbocycles. The number of hydrogen-bond donors (Lipinski definition) is 0. The predicted octanol–water partition coefficient (Wildman–Crippen LogP) is 2.48. The minimum absolute atomic E-state index is 1.06. The molecule has 14 heavy (non-hydrogen) atoms. The van der Waals surface area contributed by atoms with E-state index in [1.54, 1.807) is 0 Å². The second kappa shape index (κ2) is 4.89. The molecule has 1 aliphatic heterocycles. The van der Waals surface area contributed by atoms with Crippen LogP contribution in [-0.2, 0) is 6.42 Å². The predicted molar refractivity (Wildman–Crippen MR) is 61.3 cm³/mol. The summed E-state index contributed by atoms with van der Waals surface area (Å²) in [6, 6.07) is 4.02. The Bertz CT molecular complexity index is 295. The fourth-order valence-corrected chi connectivity index (χ4v) is 2.33. The van der Waals surface area contributed by atoms with Crippen molar-refractivity contribution in [1.82, 2.24) is 9.88 Å². The Labute approximate surface area is 93.5 Å². The summed E-state index contributed by atoms with van der Waals surface area (Å²) in [6.45, 7) is 3.69. The van der Waals surface area contributed by atoms with Crippen molar-refractivity contribution in [2.24, 2.45) is 0 Å². The van der Waals surface area contributed by atoms with E-state index < -0.39 is 0 Å². The maximum Gasteiger partial charge on any atom is 0.0558 e. The van der Waals surface area contributed by atoms with E-state index in [1.807, 2.05) is 12.3 Å². The number of hydrogen-bond acceptors (Lipinski definition) is 2. The molecule has 0 bridgehead atoms. The topological polar surface area (TPSA) is 16.1 Å². The Balaban J connectivity index is 1.88. The first-order chi connectivity index (χ1) is 6.86. The molecule has 2 nitrogen and oxygen atoms in total. The minimum atomic E-state index is 1.06. The Morgan fingerprint density at radius 2 is 2.14 bits per heavy atom. The van der Waals surface area contributed by atoms with Crippen molar-refractivity contribution in [3.63, 3.8) is 0 Å². The fraction of sp³-hybridized carbons (Fsp3) is 0.545. The van der Waals surface area contributed by atoms with Crippen LogP contribution in [0, 0.1) is 0 Å². The highest BCUT2D eigenvalue weighted by molar-refractivity contribution is 9.10. The van der Waals surface area contributed by atoms with Gasteiger partial charge in [0, 0.05) is 23.6 Å². The summed E-state index contributed by atoms with van der Waals surface area (Å²) in [5.74, 6) is 0. The van der Waals surface area contributed by atoms with E-state index in [4.69, 9.17) is 0 Å². The standard InChI is InChI=1S/C11H15BrN2/c12-10-4-3-6-13-11(10)5-9-14-7-1-2-8-14/h3-4,6H,1-2,5,7-9H2. The van der Waals surface area contributed by atoms with Crippen molar-refractivity contribution in [2.45, 2.75) is 19.3 Å². The van der Waals surface area contributed by atoms with Crippen LogP contribution in [0.2, 0.25) is 0 Å². The van der Waals surface area contributed by atoms with Gasteiger partial charge in [0.05, 0.1) is 5.69 Å². The maximum atomic E-state index is 4.37. The van der Waals surface area contributed by atoms with Gasteiger partial charge in [0.2, 0.25) is 0 Å².